The maximum absolute atomic E-state index is 12.3. The first-order chi connectivity index (χ1) is 9.36. The predicted octanol–water partition coefficient (Wildman–Crippen LogP) is -0.0676. The van der Waals surface area contributed by atoms with Crippen LogP contribution < -0.4 is 0 Å². The van der Waals surface area contributed by atoms with Crippen LogP contribution in [-0.4, -0.2) is 77.6 Å². The Kier molecular flexibility index (Phi) is 4.48. The Morgan fingerprint density at radius 1 is 1.35 bits per heavy atom. The summed E-state index contributed by atoms with van der Waals surface area (Å²) in [5.74, 6) is -0.351. The van der Waals surface area contributed by atoms with Gasteiger partial charge in [0, 0.05) is 36.9 Å². The van der Waals surface area contributed by atoms with E-state index in [2.05, 4.69) is 0 Å². The molecule has 20 heavy (non-hydrogen) atoms. The number of sulfone groups is 1. The van der Waals surface area contributed by atoms with Crippen LogP contribution in [0.1, 0.15) is 6.92 Å². The lowest BCUT2D eigenvalue weighted by atomic mass is 10.0. The second-order valence-corrected chi connectivity index (χ2v) is 8.49. The van der Waals surface area contributed by atoms with Gasteiger partial charge in [-0.05, 0) is 0 Å². The standard InChI is InChI=1S/C11H18N2O5S2/c1-2-20(17,18)9-7-19-4-3-13(9)11(16)12-5-8(6-12)10(14)15/h8-9H,2-7H2,1H3,(H,14,15). The second-order valence-electron chi connectivity index (χ2n) is 4.90. The van der Waals surface area contributed by atoms with Gasteiger partial charge in [-0.15, -0.1) is 0 Å². The lowest BCUT2D eigenvalue weighted by molar-refractivity contribution is -0.146. The molecular weight excluding hydrogens is 304 g/mol. The van der Waals surface area contributed by atoms with E-state index in [1.54, 1.807) is 6.92 Å². The number of carbonyl (C=O) groups excluding carboxylic acids is 1. The van der Waals surface area contributed by atoms with Crippen LogP contribution in [0.3, 0.4) is 0 Å². The maximum atomic E-state index is 12.3. The molecule has 1 unspecified atom stereocenters. The highest BCUT2D eigenvalue weighted by atomic mass is 32.2. The van der Waals surface area contributed by atoms with Gasteiger partial charge in [-0.1, -0.05) is 6.92 Å². The van der Waals surface area contributed by atoms with E-state index < -0.39 is 27.1 Å². The molecule has 0 saturated carbocycles. The number of carboxylic acids is 1. The van der Waals surface area contributed by atoms with Gasteiger partial charge in [-0.25, -0.2) is 13.2 Å². The molecule has 1 atom stereocenters. The van der Waals surface area contributed by atoms with Crippen LogP contribution in [0.4, 0.5) is 4.79 Å². The minimum absolute atomic E-state index is 0.000240. The molecule has 2 heterocycles. The van der Waals surface area contributed by atoms with Crippen molar-refractivity contribution in [3.63, 3.8) is 0 Å². The first-order valence-electron chi connectivity index (χ1n) is 6.44. The fraction of sp³-hybridized carbons (Fsp3) is 0.818. The molecule has 2 amide bonds. The Bertz CT molecular complexity index is 501. The summed E-state index contributed by atoms with van der Waals surface area (Å²) in [5, 5.41) is 8.02. The lowest BCUT2D eigenvalue weighted by Gasteiger charge is -2.43. The summed E-state index contributed by atoms with van der Waals surface area (Å²) in [6, 6.07) is -0.357. The quantitative estimate of drug-likeness (QED) is 0.782. The molecular formula is C11H18N2O5S2. The van der Waals surface area contributed by atoms with Crippen molar-refractivity contribution in [1.82, 2.24) is 9.80 Å². The third-order valence-electron chi connectivity index (χ3n) is 3.65. The van der Waals surface area contributed by atoms with Crippen molar-refractivity contribution in [3.05, 3.63) is 0 Å². The SMILES string of the molecule is CCS(=O)(=O)C1CSCCN1C(=O)N1CC(C(=O)O)C1. The molecule has 1 N–H and O–H groups in total. The summed E-state index contributed by atoms with van der Waals surface area (Å²) in [7, 11) is -3.32. The molecule has 114 valence electrons. The van der Waals surface area contributed by atoms with Gasteiger partial charge in [0.2, 0.25) is 0 Å². The molecule has 0 spiro atoms. The number of urea groups is 1. The molecule has 7 nitrogen and oxygen atoms in total. The fourth-order valence-electron chi connectivity index (χ4n) is 2.26. The van der Waals surface area contributed by atoms with Gasteiger partial charge in [0.15, 0.2) is 9.84 Å². The molecule has 2 aliphatic heterocycles. The van der Waals surface area contributed by atoms with Crippen molar-refractivity contribution < 1.29 is 23.1 Å². The molecule has 0 bridgehead atoms. The highest BCUT2D eigenvalue weighted by molar-refractivity contribution is 8.01. The molecule has 0 aromatic carbocycles. The minimum Gasteiger partial charge on any atom is -0.481 e. The van der Waals surface area contributed by atoms with Crippen LogP contribution in [0.2, 0.25) is 0 Å². The summed E-state index contributed by atoms with van der Waals surface area (Å²) in [4.78, 5) is 25.8. The Morgan fingerprint density at radius 3 is 2.55 bits per heavy atom. The van der Waals surface area contributed by atoms with Crippen LogP contribution in [0, 0.1) is 5.92 Å². The highest BCUT2D eigenvalue weighted by Gasteiger charge is 2.42. The van der Waals surface area contributed by atoms with Gasteiger partial charge in [0.1, 0.15) is 5.37 Å². The number of hydrogen-bond acceptors (Lipinski definition) is 5. The van der Waals surface area contributed by atoms with Crippen molar-refractivity contribution in [1.29, 1.82) is 0 Å². The van der Waals surface area contributed by atoms with Crippen molar-refractivity contribution in [3.8, 4) is 0 Å². The molecule has 2 aliphatic rings. The van der Waals surface area contributed by atoms with Gasteiger partial charge < -0.3 is 14.9 Å². The van der Waals surface area contributed by atoms with Gasteiger partial charge in [0.05, 0.1) is 5.92 Å². The third kappa shape index (κ3) is 2.88. The topological polar surface area (TPSA) is 95.0 Å². The number of amides is 2. The van der Waals surface area contributed by atoms with Crippen LogP contribution in [0.15, 0.2) is 0 Å². The van der Waals surface area contributed by atoms with E-state index in [0.717, 1.165) is 0 Å². The van der Waals surface area contributed by atoms with Crippen LogP contribution >= 0.6 is 11.8 Å². The van der Waals surface area contributed by atoms with E-state index in [4.69, 9.17) is 5.11 Å². The van der Waals surface area contributed by atoms with Crippen molar-refractivity contribution >= 4 is 33.6 Å². The van der Waals surface area contributed by atoms with Crippen molar-refractivity contribution in [2.75, 3.05) is 36.9 Å². The van der Waals surface area contributed by atoms with E-state index in [1.165, 1.54) is 21.6 Å². The Labute approximate surface area is 122 Å². The molecule has 0 radical (unpaired) electrons. The first-order valence-corrected chi connectivity index (χ1v) is 9.31. The minimum atomic E-state index is -3.32. The van der Waals surface area contributed by atoms with Gasteiger partial charge in [0.25, 0.3) is 0 Å². The Morgan fingerprint density at radius 2 is 2.00 bits per heavy atom. The highest BCUT2D eigenvalue weighted by Crippen LogP contribution is 2.25. The molecule has 0 aliphatic carbocycles. The normalized spacial score (nSPS) is 24.4. The summed E-state index contributed by atoms with van der Waals surface area (Å²) >= 11 is 1.52. The third-order valence-corrected chi connectivity index (χ3v) is 6.94. The van der Waals surface area contributed by atoms with Gasteiger partial charge in [-0.2, -0.15) is 11.8 Å². The van der Waals surface area contributed by atoms with E-state index >= 15 is 0 Å². The number of rotatable bonds is 3. The number of nitrogens with zero attached hydrogens (tertiary/aromatic N) is 2. The Hall–Kier alpha value is -0.960. The second kappa shape index (κ2) is 5.80. The van der Waals surface area contributed by atoms with Crippen LogP contribution in [0.5, 0.6) is 0 Å². The number of carbonyl (C=O) groups is 2. The van der Waals surface area contributed by atoms with Gasteiger partial charge in [-0.3, -0.25) is 4.79 Å². The van der Waals surface area contributed by atoms with Crippen molar-refractivity contribution in [2.24, 2.45) is 5.92 Å². The number of carboxylic acid groups (broad SMARTS) is 1. The van der Waals surface area contributed by atoms with Gasteiger partial charge >= 0.3 is 12.0 Å². The van der Waals surface area contributed by atoms with E-state index in [-0.39, 0.29) is 24.9 Å². The summed E-state index contributed by atoms with van der Waals surface area (Å²) < 4.78 is 24.1. The van der Waals surface area contributed by atoms with Crippen LogP contribution in [0.25, 0.3) is 0 Å². The van der Waals surface area contributed by atoms with Crippen LogP contribution in [-0.2, 0) is 14.6 Å². The molecule has 2 fully saturated rings. The zero-order chi connectivity index (χ0) is 14.9. The molecule has 2 saturated heterocycles. The smallest absolute Gasteiger partial charge is 0.321 e. The lowest BCUT2D eigenvalue weighted by Crippen LogP contribution is -2.61. The number of aliphatic carboxylic acids is 1. The van der Waals surface area contributed by atoms with E-state index in [9.17, 15) is 18.0 Å². The summed E-state index contributed by atoms with van der Waals surface area (Å²) in [6.07, 6.45) is 0. The maximum Gasteiger partial charge on any atom is 0.321 e. The molecule has 0 aromatic heterocycles. The fourth-order valence-corrected chi connectivity index (χ4v) is 5.22. The molecule has 2 rings (SSSR count). The number of likely N-dealkylation sites (tertiary alicyclic amines) is 1. The average molecular weight is 322 g/mol. The molecule has 9 heteroatoms. The average Bonchev–Trinajstić information content (AvgIpc) is 2.36. The summed E-state index contributed by atoms with van der Waals surface area (Å²) in [6.45, 7) is 2.29. The van der Waals surface area contributed by atoms with E-state index in [0.29, 0.717) is 18.1 Å². The number of hydrogen-bond donors (Lipinski definition) is 1. The largest absolute Gasteiger partial charge is 0.481 e. The number of thioether (sulfide) groups is 1. The zero-order valence-electron chi connectivity index (χ0n) is 11.2. The molecule has 0 aromatic rings. The first kappa shape index (κ1) is 15.4. The monoisotopic (exact) mass is 322 g/mol. The van der Waals surface area contributed by atoms with Crippen molar-refractivity contribution in [2.45, 2.75) is 12.3 Å². The Balaban J connectivity index is 2.06. The summed E-state index contributed by atoms with van der Waals surface area (Å²) in [5.41, 5.74) is 0. The van der Waals surface area contributed by atoms with E-state index in [1.807, 2.05) is 0 Å². The predicted molar refractivity (Wildman–Crippen MR) is 75.4 cm³/mol. The zero-order valence-corrected chi connectivity index (χ0v) is 12.8.